The molecule has 9 rings (SSSR count). The van der Waals surface area contributed by atoms with Crippen molar-refractivity contribution >= 4 is 21.8 Å². The van der Waals surface area contributed by atoms with E-state index in [4.69, 9.17) is 4.98 Å². The minimum atomic E-state index is 0.149. The van der Waals surface area contributed by atoms with Crippen LogP contribution in [0.15, 0.2) is 109 Å². The molecule has 42 heavy (non-hydrogen) atoms. The Bertz CT molecular complexity index is 2000. The molecule has 0 saturated heterocycles. The molecular formula is C40H36N2. The van der Waals surface area contributed by atoms with Crippen LogP contribution in [0.25, 0.3) is 49.9 Å². The molecule has 2 heterocycles. The topological polar surface area (TPSA) is 17.8 Å². The van der Waals surface area contributed by atoms with Gasteiger partial charge in [0.15, 0.2) is 0 Å². The third kappa shape index (κ3) is 3.24. The van der Waals surface area contributed by atoms with Crippen molar-refractivity contribution in [3.8, 4) is 28.1 Å². The van der Waals surface area contributed by atoms with Crippen molar-refractivity contribution in [1.82, 2.24) is 9.55 Å². The second-order valence-electron chi connectivity index (χ2n) is 13.5. The van der Waals surface area contributed by atoms with E-state index >= 15 is 0 Å². The second-order valence-corrected chi connectivity index (χ2v) is 13.5. The van der Waals surface area contributed by atoms with Crippen molar-refractivity contribution in [1.29, 1.82) is 0 Å². The number of hydrogen-bond donors (Lipinski definition) is 0. The molecule has 206 valence electrons. The van der Waals surface area contributed by atoms with Crippen LogP contribution in [0.5, 0.6) is 0 Å². The van der Waals surface area contributed by atoms with Crippen molar-refractivity contribution in [3.05, 3.63) is 120 Å². The van der Waals surface area contributed by atoms with Crippen LogP contribution in [0.4, 0.5) is 0 Å². The third-order valence-electron chi connectivity index (χ3n) is 11.2. The Kier molecular flexibility index (Phi) is 5.19. The van der Waals surface area contributed by atoms with Crippen LogP contribution in [0.1, 0.15) is 50.7 Å². The van der Waals surface area contributed by atoms with E-state index < -0.39 is 0 Å². The molecule has 2 saturated carbocycles. The Morgan fingerprint density at radius 2 is 1.40 bits per heavy atom. The second kappa shape index (κ2) is 8.91. The first kappa shape index (κ1) is 24.4. The molecule has 2 nitrogen and oxygen atoms in total. The number of para-hydroxylation sites is 1. The van der Waals surface area contributed by atoms with Crippen molar-refractivity contribution in [2.24, 2.45) is 23.7 Å². The molecule has 2 heteroatoms. The van der Waals surface area contributed by atoms with Crippen LogP contribution < -0.4 is 0 Å². The van der Waals surface area contributed by atoms with E-state index in [0.29, 0.717) is 5.92 Å². The highest BCUT2D eigenvalue weighted by molar-refractivity contribution is 6.10. The van der Waals surface area contributed by atoms with Gasteiger partial charge in [-0.2, -0.15) is 0 Å². The van der Waals surface area contributed by atoms with Gasteiger partial charge in [0.05, 0.1) is 11.0 Å². The molecule has 1 spiro atoms. The Labute approximate surface area is 248 Å². The summed E-state index contributed by atoms with van der Waals surface area (Å²) >= 11 is 0. The Morgan fingerprint density at radius 1 is 0.643 bits per heavy atom. The number of rotatable bonds is 2. The van der Waals surface area contributed by atoms with Gasteiger partial charge in [0, 0.05) is 22.4 Å². The van der Waals surface area contributed by atoms with Crippen LogP contribution >= 0.6 is 0 Å². The van der Waals surface area contributed by atoms with Crippen molar-refractivity contribution in [2.75, 3.05) is 0 Å². The van der Waals surface area contributed by atoms with Crippen LogP contribution in [0, 0.1) is 23.7 Å². The molecular weight excluding hydrogens is 508 g/mol. The quantitative estimate of drug-likeness (QED) is 0.212. The largest absolute Gasteiger partial charge is 0.294 e. The zero-order valence-electron chi connectivity index (χ0n) is 24.4. The van der Waals surface area contributed by atoms with Gasteiger partial charge < -0.3 is 0 Å². The summed E-state index contributed by atoms with van der Waals surface area (Å²) in [7, 11) is 0. The maximum absolute atomic E-state index is 4.70. The first-order valence-corrected chi connectivity index (χ1v) is 15.8. The number of pyridine rings is 1. The predicted molar refractivity (Wildman–Crippen MR) is 174 cm³/mol. The number of nitrogens with zero attached hydrogens (tertiary/aromatic N) is 2. The van der Waals surface area contributed by atoms with E-state index in [-0.39, 0.29) is 5.41 Å². The monoisotopic (exact) mass is 544 g/mol. The molecule has 0 N–H and O–H groups in total. The van der Waals surface area contributed by atoms with E-state index in [1.54, 1.807) is 11.1 Å². The number of hydrogen-bond acceptors (Lipinski definition) is 1. The van der Waals surface area contributed by atoms with Crippen molar-refractivity contribution in [2.45, 2.75) is 44.9 Å². The van der Waals surface area contributed by atoms with E-state index in [0.717, 1.165) is 23.6 Å². The molecule has 0 amide bonds. The number of benzene rings is 4. The molecule has 2 fully saturated rings. The standard InChI is InChI=1S/C40H36N2/c1-25-19-27-21-26(2)40(30(20-25)22-27)35-11-5-3-9-31(35)33-23-28(14-16-36(33)40)29-15-17-38-34(24-29)32-10-4-6-12-37(32)42(38)39-13-7-8-18-41-39/h3-18,23-27,30H,19-22H2,1-2H3. The van der Waals surface area contributed by atoms with Gasteiger partial charge in [-0.3, -0.25) is 4.57 Å². The van der Waals surface area contributed by atoms with Gasteiger partial charge in [-0.15, -0.1) is 0 Å². The highest BCUT2D eigenvalue weighted by atomic mass is 15.1. The molecule has 0 radical (unpaired) electrons. The zero-order chi connectivity index (χ0) is 28.0. The van der Waals surface area contributed by atoms with E-state index in [9.17, 15) is 0 Å². The SMILES string of the molecule is CC1CC2CC(C)C3(c4ccccc4-c4cc(-c5ccc6c(c5)c5ccccc5n6-c5ccccn5)ccc43)C(C1)C2. The average molecular weight is 545 g/mol. The summed E-state index contributed by atoms with van der Waals surface area (Å²) in [5.74, 6) is 4.08. The molecule has 3 aliphatic carbocycles. The lowest BCUT2D eigenvalue weighted by Crippen LogP contribution is -2.49. The zero-order valence-corrected chi connectivity index (χ0v) is 24.4. The summed E-state index contributed by atoms with van der Waals surface area (Å²) in [5, 5.41) is 2.54. The van der Waals surface area contributed by atoms with Gasteiger partial charge in [-0.25, -0.2) is 4.98 Å². The van der Waals surface area contributed by atoms with Crippen LogP contribution in [0.3, 0.4) is 0 Å². The summed E-state index contributed by atoms with van der Waals surface area (Å²) < 4.78 is 2.29. The first-order valence-electron chi connectivity index (χ1n) is 15.8. The van der Waals surface area contributed by atoms with Crippen molar-refractivity contribution < 1.29 is 0 Å². The third-order valence-corrected chi connectivity index (χ3v) is 11.2. The fraction of sp³-hybridized carbons (Fsp3) is 0.275. The fourth-order valence-electron chi connectivity index (χ4n) is 9.79. The summed E-state index contributed by atoms with van der Waals surface area (Å²) in [4.78, 5) is 4.70. The van der Waals surface area contributed by atoms with Gasteiger partial charge in [-0.05, 0) is 119 Å². The molecule has 2 aromatic heterocycles. The highest BCUT2D eigenvalue weighted by Crippen LogP contribution is 2.64. The lowest BCUT2D eigenvalue weighted by atomic mass is 9.49. The van der Waals surface area contributed by atoms with E-state index in [2.05, 4.69) is 115 Å². The average Bonchev–Trinajstić information content (AvgIpc) is 3.51. The van der Waals surface area contributed by atoms with Gasteiger partial charge in [0.2, 0.25) is 0 Å². The highest BCUT2D eigenvalue weighted by Gasteiger charge is 2.56. The molecule has 5 atom stereocenters. The number of aromatic nitrogens is 2. The first-order chi connectivity index (χ1) is 20.6. The molecule has 3 aliphatic rings. The van der Waals surface area contributed by atoms with Gasteiger partial charge in [0.1, 0.15) is 5.82 Å². The molecule has 5 unspecified atom stereocenters. The molecule has 0 aliphatic heterocycles. The molecule has 4 aromatic carbocycles. The van der Waals surface area contributed by atoms with E-state index in [1.807, 2.05) is 12.3 Å². The van der Waals surface area contributed by atoms with Crippen LogP contribution in [-0.4, -0.2) is 9.55 Å². The molecule has 6 aromatic rings. The van der Waals surface area contributed by atoms with Gasteiger partial charge in [-0.1, -0.05) is 80.6 Å². The van der Waals surface area contributed by atoms with Crippen LogP contribution in [-0.2, 0) is 5.41 Å². The summed E-state index contributed by atoms with van der Waals surface area (Å²) in [5.41, 5.74) is 11.2. The van der Waals surface area contributed by atoms with Crippen LogP contribution in [0.2, 0.25) is 0 Å². The lowest BCUT2D eigenvalue weighted by Gasteiger charge is -2.54. The Balaban J connectivity index is 1.23. The fourth-order valence-corrected chi connectivity index (χ4v) is 9.79. The normalized spacial score (nSPS) is 26.0. The van der Waals surface area contributed by atoms with Gasteiger partial charge in [0.25, 0.3) is 0 Å². The summed E-state index contributed by atoms with van der Waals surface area (Å²) in [6.07, 6.45) is 7.40. The minimum Gasteiger partial charge on any atom is -0.294 e. The maximum atomic E-state index is 4.70. The Morgan fingerprint density at radius 3 is 2.31 bits per heavy atom. The lowest BCUT2D eigenvalue weighted by molar-refractivity contribution is 0.0426. The summed E-state index contributed by atoms with van der Waals surface area (Å²) in [6.45, 7) is 5.05. The maximum Gasteiger partial charge on any atom is 0.137 e. The minimum absolute atomic E-state index is 0.149. The summed E-state index contributed by atoms with van der Waals surface area (Å²) in [6, 6.07) is 38.6. The Hall–Kier alpha value is -4.17. The van der Waals surface area contributed by atoms with E-state index in [1.165, 1.54) is 69.7 Å². The van der Waals surface area contributed by atoms with Gasteiger partial charge >= 0.3 is 0 Å². The number of fused-ring (bicyclic) bond motifs is 11. The molecule has 2 bridgehead atoms. The van der Waals surface area contributed by atoms with Crippen molar-refractivity contribution in [3.63, 3.8) is 0 Å². The smallest absolute Gasteiger partial charge is 0.137 e. The predicted octanol–water partition coefficient (Wildman–Crippen LogP) is 10.2.